The Labute approximate surface area is 124 Å². The summed E-state index contributed by atoms with van der Waals surface area (Å²) in [6.45, 7) is 7.23. The molecule has 0 spiro atoms. The van der Waals surface area contributed by atoms with Crippen LogP contribution in [0, 0.1) is 0 Å². The molecule has 0 amide bonds. The predicted molar refractivity (Wildman–Crippen MR) is 78.6 cm³/mol. The zero-order chi connectivity index (χ0) is 15.9. The zero-order valence-electron chi connectivity index (χ0n) is 12.9. The third kappa shape index (κ3) is 6.38. The number of likely N-dealkylation sites (tertiary alicyclic amines) is 1. The molecule has 0 bridgehead atoms. The fourth-order valence-electron chi connectivity index (χ4n) is 2.23. The molecule has 0 aliphatic carbocycles. The van der Waals surface area contributed by atoms with Crippen molar-refractivity contribution in [3.8, 4) is 5.75 Å². The van der Waals surface area contributed by atoms with Gasteiger partial charge in [0.25, 0.3) is 0 Å². The second-order valence-electron chi connectivity index (χ2n) is 5.42. The van der Waals surface area contributed by atoms with E-state index in [2.05, 4.69) is 23.5 Å². The number of benzene rings is 1. The summed E-state index contributed by atoms with van der Waals surface area (Å²) in [6.07, 6.45) is -0.0197. The Kier molecular flexibility index (Phi) is 7.02. The first-order valence-corrected chi connectivity index (χ1v) is 7.30. The minimum Gasteiger partial charge on any atom is -0.497 e. The molecule has 2 rings (SSSR count). The molecule has 5 heteroatoms. The highest BCUT2D eigenvalue weighted by molar-refractivity contribution is 5.29. The van der Waals surface area contributed by atoms with Gasteiger partial charge in [-0.1, -0.05) is 12.5 Å². The highest BCUT2D eigenvalue weighted by Crippen LogP contribution is 2.30. The first kappa shape index (κ1) is 17.8. The summed E-state index contributed by atoms with van der Waals surface area (Å²) in [5.41, 5.74) is -0.693. The largest absolute Gasteiger partial charge is 0.497 e. The Morgan fingerprint density at radius 3 is 2.14 bits per heavy atom. The molecule has 1 heterocycles. The summed E-state index contributed by atoms with van der Waals surface area (Å²) in [5, 5.41) is 0. The first-order valence-electron chi connectivity index (χ1n) is 7.30. The maximum atomic E-state index is 12.0. The van der Waals surface area contributed by atoms with Crippen molar-refractivity contribution < 1.29 is 17.9 Å². The van der Waals surface area contributed by atoms with E-state index < -0.39 is 11.7 Å². The number of ether oxygens (including phenoxy) is 1. The minimum atomic E-state index is -4.30. The molecule has 0 aromatic heterocycles. The third-order valence-electron chi connectivity index (χ3n) is 3.52. The molecule has 21 heavy (non-hydrogen) atoms. The van der Waals surface area contributed by atoms with Crippen molar-refractivity contribution >= 4 is 0 Å². The van der Waals surface area contributed by atoms with Crippen molar-refractivity contribution in [2.24, 2.45) is 0 Å². The monoisotopic (exact) mass is 303 g/mol. The lowest BCUT2D eigenvalue weighted by Gasteiger charge is -2.29. The molecule has 1 aromatic rings. The van der Waals surface area contributed by atoms with Gasteiger partial charge in [0.05, 0.1) is 12.7 Å². The molecule has 0 unspecified atom stereocenters. The van der Waals surface area contributed by atoms with Gasteiger partial charge in [0.1, 0.15) is 5.75 Å². The molecule has 1 aliphatic rings. The standard InChI is InChI=1S/C8H7F3O.C8H17N/c1-12-7-4-2-3-6(5-7)8(9,10)11;1-8(2)9-6-4-3-5-7-9/h2-5H,1H3;8H,3-7H2,1-2H3. The average molecular weight is 303 g/mol. The van der Waals surface area contributed by atoms with Crippen LogP contribution in [0.5, 0.6) is 5.75 Å². The van der Waals surface area contributed by atoms with E-state index in [-0.39, 0.29) is 5.75 Å². The molecule has 1 aromatic carbocycles. The number of nitrogens with zero attached hydrogens (tertiary/aromatic N) is 1. The molecular formula is C16H24F3NO. The van der Waals surface area contributed by atoms with Crippen LogP contribution in [-0.4, -0.2) is 31.1 Å². The number of hydrogen-bond donors (Lipinski definition) is 0. The van der Waals surface area contributed by atoms with Crippen molar-refractivity contribution in [3.63, 3.8) is 0 Å². The normalized spacial score (nSPS) is 16.3. The number of rotatable bonds is 2. The molecule has 2 nitrogen and oxygen atoms in total. The molecule has 120 valence electrons. The fraction of sp³-hybridized carbons (Fsp3) is 0.625. The maximum absolute atomic E-state index is 12.0. The summed E-state index contributed by atoms with van der Waals surface area (Å²) >= 11 is 0. The summed E-state index contributed by atoms with van der Waals surface area (Å²) < 4.78 is 40.8. The van der Waals surface area contributed by atoms with Crippen LogP contribution in [0.4, 0.5) is 13.2 Å². The van der Waals surface area contributed by atoms with Crippen LogP contribution in [0.25, 0.3) is 0 Å². The van der Waals surface area contributed by atoms with Crippen molar-refractivity contribution in [1.82, 2.24) is 4.90 Å². The van der Waals surface area contributed by atoms with Crippen molar-refractivity contribution in [1.29, 1.82) is 0 Å². The van der Waals surface area contributed by atoms with Gasteiger partial charge < -0.3 is 9.64 Å². The van der Waals surface area contributed by atoms with Crippen LogP contribution in [-0.2, 0) is 6.18 Å². The van der Waals surface area contributed by atoms with E-state index in [4.69, 9.17) is 0 Å². The van der Waals surface area contributed by atoms with Gasteiger partial charge in [0.15, 0.2) is 0 Å². The smallest absolute Gasteiger partial charge is 0.416 e. The molecular weight excluding hydrogens is 279 g/mol. The van der Waals surface area contributed by atoms with E-state index in [0.717, 1.165) is 18.2 Å². The third-order valence-corrected chi connectivity index (χ3v) is 3.52. The van der Waals surface area contributed by atoms with Crippen LogP contribution in [0.2, 0.25) is 0 Å². The molecule has 0 atom stereocenters. The van der Waals surface area contributed by atoms with E-state index in [0.29, 0.717) is 0 Å². The summed E-state index contributed by atoms with van der Waals surface area (Å²) in [5.74, 6) is 0.213. The molecule has 0 radical (unpaired) electrons. The Morgan fingerprint density at radius 2 is 1.71 bits per heavy atom. The molecule has 0 N–H and O–H groups in total. The first-order chi connectivity index (χ1) is 9.84. The zero-order valence-corrected chi connectivity index (χ0v) is 12.9. The van der Waals surface area contributed by atoms with Gasteiger partial charge in [-0.2, -0.15) is 13.2 Å². The highest BCUT2D eigenvalue weighted by Gasteiger charge is 2.30. The predicted octanol–water partition coefficient (Wildman–Crippen LogP) is 4.59. The van der Waals surface area contributed by atoms with Gasteiger partial charge in [-0.25, -0.2) is 0 Å². The lowest BCUT2D eigenvalue weighted by molar-refractivity contribution is -0.137. The number of piperidine rings is 1. The van der Waals surface area contributed by atoms with Crippen molar-refractivity contribution in [3.05, 3.63) is 29.8 Å². The van der Waals surface area contributed by atoms with Crippen molar-refractivity contribution in [2.75, 3.05) is 20.2 Å². The highest BCUT2D eigenvalue weighted by atomic mass is 19.4. The van der Waals surface area contributed by atoms with E-state index >= 15 is 0 Å². The van der Waals surface area contributed by atoms with Crippen LogP contribution in [0.3, 0.4) is 0 Å². The molecule has 0 saturated carbocycles. The average Bonchev–Trinajstić information content (AvgIpc) is 2.48. The Hall–Kier alpha value is -1.23. The van der Waals surface area contributed by atoms with E-state index in [9.17, 15) is 13.2 Å². The van der Waals surface area contributed by atoms with Gasteiger partial charge in [-0.3, -0.25) is 0 Å². The molecule has 1 aliphatic heterocycles. The van der Waals surface area contributed by atoms with E-state index in [1.54, 1.807) is 0 Å². The number of hydrogen-bond acceptors (Lipinski definition) is 2. The van der Waals surface area contributed by atoms with Crippen molar-refractivity contribution in [2.45, 2.75) is 45.3 Å². The number of methoxy groups -OCH3 is 1. The van der Waals surface area contributed by atoms with Crippen LogP contribution < -0.4 is 4.74 Å². The number of halogens is 3. The minimum absolute atomic E-state index is 0.213. The lowest BCUT2D eigenvalue weighted by Crippen LogP contribution is -2.35. The Morgan fingerprint density at radius 1 is 1.10 bits per heavy atom. The maximum Gasteiger partial charge on any atom is 0.416 e. The quantitative estimate of drug-likeness (QED) is 0.792. The number of alkyl halides is 3. The second-order valence-corrected chi connectivity index (χ2v) is 5.42. The van der Waals surface area contributed by atoms with Gasteiger partial charge >= 0.3 is 6.18 Å². The topological polar surface area (TPSA) is 12.5 Å². The van der Waals surface area contributed by atoms with Crippen LogP contribution in [0.1, 0.15) is 38.7 Å². The van der Waals surface area contributed by atoms with Crippen LogP contribution in [0.15, 0.2) is 24.3 Å². The Bertz CT molecular complexity index is 412. The Balaban J connectivity index is 0.000000219. The molecule has 1 fully saturated rings. The van der Waals surface area contributed by atoms with Crippen LogP contribution >= 0.6 is 0 Å². The SMILES string of the molecule is CC(C)N1CCCCC1.COc1cccc(C(F)(F)F)c1. The second kappa shape index (κ2) is 8.27. The fourth-order valence-corrected chi connectivity index (χ4v) is 2.23. The summed E-state index contributed by atoms with van der Waals surface area (Å²) in [4.78, 5) is 2.56. The lowest BCUT2D eigenvalue weighted by atomic mass is 10.1. The van der Waals surface area contributed by atoms with Gasteiger partial charge in [0.2, 0.25) is 0 Å². The van der Waals surface area contributed by atoms with Gasteiger partial charge in [0, 0.05) is 6.04 Å². The summed E-state index contributed by atoms with van der Waals surface area (Å²) in [6, 6.07) is 5.50. The summed E-state index contributed by atoms with van der Waals surface area (Å²) in [7, 11) is 1.33. The van der Waals surface area contributed by atoms with E-state index in [1.807, 2.05) is 0 Å². The van der Waals surface area contributed by atoms with Gasteiger partial charge in [-0.15, -0.1) is 0 Å². The van der Waals surface area contributed by atoms with E-state index in [1.165, 1.54) is 51.6 Å². The molecule has 1 saturated heterocycles. The van der Waals surface area contributed by atoms with Gasteiger partial charge in [-0.05, 0) is 58.0 Å².